The molecular weight excluding hydrogens is 328 g/mol. The van der Waals surface area contributed by atoms with E-state index in [-0.39, 0.29) is 5.91 Å². The van der Waals surface area contributed by atoms with Crippen molar-refractivity contribution in [1.82, 2.24) is 10.3 Å². The van der Waals surface area contributed by atoms with Crippen LogP contribution in [0.3, 0.4) is 0 Å². The third-order valence-electron chi connectivity index (χ3n) is 3.33. The Morgan fingerprint density at radius 3 is 2.83 bits per heavy atom. The number of rotatable bonds is 5. The van der Waals surface area contributed by atoms with Gasteiger partial charge in [0, 0.05) is 28.0 Å². The highest BCUT2D eigenvalue weighted by atomic mass is 35.5. The number of nitrogens with zero attached hydrogens (tertiary/aromatic N) is 1. The highest BCUT2D eigenvalue weighted by Gasteiger charge is 2.06. The highest BCUT2D eigenvalue weighted by molar-refractivity contribution is 8.00. The lowest BCUT2D eigenvalue weighted by Gasteiger charge is -2.07. The Bertz CT molecular complexity index is 833. The standard InChI is InChI=1S/C18H15ClN2OS/c19-15-7-1-4-13(10-15)11-21-17(22)12-23-16-8-2-5-14-6-3-9-20-18(14)16/h1-10H,11-12H2,(H,21,22). The number of benzene rings is 2. The van der Waals surface area contributed by atoms with E-state index in [0.29, 0.717) is 17.3 Å². The minimum atomic E-state index is -0.0112. The number of thioether (sulfide) groups is 1. The molecule has 0 saturated carbocycles. The highest BCUT2D eigenvalue weighted by Crippen LogP contribution is 2.25. The molecule has 0 aliphatic carbocycles. The largest absolute Gasteiger partial charge is 0.351 e. The first-order chi connectivity index (χ1) is 11.2. The minimum absolute atomic E-state index is 0.0112. The number of aromatic nitrogens is 1. The molecule has 0 unspecified atom stereocenters. The first-order valence-corrected chi connectivity index (χ1v) is 8.56. The number of para-hydroxylation sites is 1. The third kappa shape index (κ3) is 4.24. The molecule has 0 spiro atoms. The Balaban J connectivity index is 1.58. The molecule has 0 aliphatic rings. The maximum Gasteiger partial charge on any atom is 0.230 e. The van der Waals surface area contributed by atoms with Crippen molar-refractivity contribution in [3.05, 3.63) is 71.4 Å². The van der Waals surface area contributed by atoms with Crippen LogP contribution in [0.15, 0.2) is 65.7 Å². The molecule has 1 N–H and O–H groups in total. The lowest BCUT2D eigenvalue weighted by Crippen LogP contribution is -2.24. The van der Waals surface area contributed by atoms with Crippen molar-refractivity contribution in [3.8, 4) is 0 Å². The number of carbonyl (C=O) groups excluding carboxylic acids is 1. The average Bonchev–Trinajstić information content (AvgIpc) is 2.58. The summed E-state index contributed by atoms with van der Waals surface area (Å²) in [6.45, 7) is 0.480. The van der Waals surface area contributed by atoms with Crippen LogP contribution in [0.25, 0.3) is 10.9 Å². The smallest absolute Gasteiger partial charge is 0.230 e. The Labute approximate surface area is 144 Å². The van der Waals surface area contributed by atoms with Crippen molar-refractivity contribution in [3.63, 3.8) is 0 Å². The van der Waals surface area contributed by atoms with Gasteiger partial charge in [-0.2, -0.15) is 0 Å². The van der Waals surface area contributed by atoms with Gasteiger partial charge in [-0.1, -0.05) is 41.9 Å². The first-order valence-electron chi connectivity index (χ1n) is 7.20. The number of carbonyl (C=O) groups is 1. The zero-order chi connectivity index (χ0) is 16.1. The van der Waals surface area contributed by atoms with Gasteiger partial charge in [0.1, 0.15) is 0 Å². The summed E-state index contributed by atoms with van der Waals surface area (Å²) in [5, 5.41) is 4.66. The molecule has 0 bridgehead atoms. The molecule has 5 heteroatoms. The second-order valence-electron chi connectivity index (χ2n) is 5.03. The van der Waals surface area contributed by atoms with Crippen LogP contribution in [0.2, 0.25) is 5.02 Å². The Morgan fingerprint density at radius 1 is 1.13 bits per heavy atom. The Morgan fingerprint density at radius 2 is 1.96 bits per heavy atom. The number of nitrogens with one attached hydrogen (secondary N) is 1. The fourth-order valence-corrected chi connectivity index (χ4v) is 3.32. The minimum Gasteiger partial charge on any atom is -0.351 e. The van der Waals surface area contributed by atoms with Crippen molar-refractivity contribution in [2.24, 2.45) is 0 Å². The lowest BCUT2D eigenvalue weighted by atomic mass is 10.2. The molecule has 1 heterocycles. The fraction of sp³-hybridized carbons (Fsp3) is 0.111. The molecule has 1 aromatic heterocycles. The van der Waals surface area contributed by atoms with Crippen LogP contribution in [-0.4, -0.2) is 16.6 Å². The molecule has 116 valence electrons. The van der Waals surface area contributed by atoms with E-state index < -0.39 is 0 Å². The van der Waals surface area contributed by atoms with Crippen LogP contribution in [0.4, 0.5) is 0 Å². The third-order valence-corrected chi connectivity index (χ3v) is 4.62. The summed E-state index contributed by atoms with van der Waals surface area (Å²) in [7, 11) is 0. The van der Waals surface area contributed by atoms with Crippen LogP contribution in [0.5, 0.6) is 0 Å². The summed E-state index contributed by atoms with van der Waals surface area (Å²) in [6, 6.07) is 17.4. The van der Waals surface area contributed by atoms with E-state index in [1.165, 1.54) is 11.8 Å². The molecule has 3 nitrogen and oxygen atoms in total. The second-order valence-corrected chi connectivity index (χ2v) is 6.48. The van der Waals surface area contributed by atoms with Gasteiger partial charge in [-0.05, 0) is 29.8 Å². The molecule has 0 aliphatic heterocycles. The van der Waals surface area contributed by atoms with E-state index in [1.807, 2.05) is 54.6 Å². The van der Waals surface area contributed by atoms with Crippen molar-refractivity contribution in [2.45, 2.75) is 11.4 Å². The molecule has 3 rings (SSSR count). The van der Waals surface area contributed by atoms with Crippen LogP contribution in [0, 0.1) is 0 Å². The molecule has 1 amide bonds. The van der Waals surface area contributed by atoms with Gasteiger partial charge >= 0.3 is 0 Å². The summed E-state index contributed by atoms with van der Waals surface area (Å²) in [4.78, 5) is 17.4. The molecular formula is C18H15ClN2OS. The second kappa shape index (κ2) is 7.49. The molecule has 0 atom stereocenters. The van der Waals surface area contributed by atoms with E-state index in [2.05, 4.69) is 10.3 Å². The van der Waals surface area contributed by atoms with Crippen LogP contribution in [-0.2, 0) is 11.3 Å². The van der Waals surface area contributed by atoms with Gasteiger partial charge < -0.3 is 5.32 Å². The SMILES string of the molecule is O=C(CSc1cccc2cccnc12)NCc1cccc(Cl)c1. The molecule has 0 radical (unpaired) electrons. The van der Waals surface area contributed by atoms with Crippen LogP contribution >= 0.6 is 23.4 Å². The maximum absolute atomic E-state index is 12.0. The van der Waals surface area contributed by atoms with Crippen molar-refractivity contribution in [2.75, 3.05) is 5.75 Å². The number of hydrogen-bond donors (Lipinski definition) is 1. The number of fused-ring (bicyclic) bond motifs is 1. The Hall–Kier alpha value is -2.04. The maximum atomic E-state index is 12.0. The van der Waals surface area contributed by atoms with E-state index >= 15 is 0 Å². The van der Waals surface area contributed by atoms with Gasteiger partial charge in [-0.15, -0.1) is 11.8 Å². The van der Waals surface area contributed by atoms with Gasteiger partial charge in [0.25, 0.3) is 0 Å². The quantitative estimate of drug-likeness (QED) is 0.703. The van der Waals surface area contributed by atoms with Gasteiger partial charge in [-0.3, -0.25) is 9.78 Å². The van der Waals surface area contributed by atoms with Gasteiger partial charge in [0.15, 0.2) is 0 Å². The monoisotopic (exact) mass is 342 g/mol. The molecule has 23 heavy (non-hydrogen) atoms. The van der Waals surface area contributed by atoms with Crippen LogP contribution in [0.1, 0.15) is 5.56 Å². The predicted octanol–water partition coefficient (Wildman–Crippen LogP) is 4.30. The summed E-state index contributed by atoms with van der Waals surface area (Å²) in [5.41, 5.74) is 1.92. The average molecular weight is 343 g/mol. The van der Waals surface area contributed by atoms with Crippen LogP contribution < -0.4 is 5.32 Å². The van der Waals surface area contributed by atoms with Crippen molar-refractivity contribution in [1.29, 1.82) is 0 Å². The summed E-state index contributed by atoms with van der Waals surface area (Å²) < 4.78 is 0. The lowest BCUT2D eigenvalue weighted by molar-refractivity contribution is -0.118. The van der Waals surface area contributed by atoms with E-state index in [9.17, 15) is 4.79 Å². The zero-order valence-electron chi connectivity index (χ0n) is 12.3. The molecule has 0 saturated heterocycles. The van der Waals surface area contributed by atoms with Crippen molar-refractivity contribution >= 4 is 40.2 Å². The number of halogens is 1. The summed E-state index contributed by atoms with van der Waals surface area (Å²) >= 11 is 7.43. The number of hydrogen-bond acceptors (Lipinski definition) is 3. The Kier molecular flexibility index (Phi) is 5.16. The topological polar surface area (TPSA) is 42.0 Å². The summed E-state index contributed by atoms with van der Waals surface area (Å²) in [5.74, 6) is 0.346. The van der Waals surface area contributed by atoms with E-state index in [4.69, 9.17) is 11.6 Å². The molecule has 0 fully saturated rings. The normalized spacial score (nSPS) is 10.7. The van der Waals surface area contributed by atoms with Gasteiger partial charge in [0.05, 0.1) is 11.3 Å². The van der Waals surface area contributed by atoms with E-state index in [1.54, 1.807) is 6.20 Å². The number of amides is 1. The summed E-state index contributed by atoms with van der Waals surface area (Å²) in [6.07, 6.45) is 1.77. The predicted molar refractivity (Wildman–Crippen MR) is 95.8 cm³/mol. The van der Waals surface area contributed by atoms with Crippen molar-refractivity contribution < 1.29 is 4.79 Å². The van der Waals surface area contributed by atoms with Gasteiger partial charge in [-0.25, -0.2) is 0 Å². The number of pyridine rings is 1. The molecule has 2 aromatic carbocycles. The molecule has 3 aromatic rings. The zero-order valence-corrected chi connectivity index (χ0v) is 13.9. The van der Waals surface area contributed by atoms with Gasteiger partial charge in [0.2, 0.25) is 5.91 Å². The first kappa shape index (κ1) is 15.8. The fourth-order valence-electron chi connectivity index (χ4n) is 2.23. The van der Waals surface area contributed by atoms with E-state index in [0.717, 1.165) is 21.4 Å².